The highest BCUT2D eigenvalue weighted by Crippen LogP contribution is 2.20. The first-order valence-corrected chi connectivity index (χ1v) is 5.12. The van der Waals surface area contributed by atoms with Crippen molar-refractivity contribution in [2.24, 2.45) is 0 Å². The normalized spacial score (nSPS) is 17.5. The second-order valence-corrected chi connectivity index (χ2v) is 3.60. The lowest BCUT2D eigenvalue weighted by atomic mass is 9.98. The number of carbonyl (C=O) groups excluding carboxylic acids is 2. The van der Waals surface area contributed by atoms with Crippen LogP contribution < -0.4 is 5.32 Å². The molecule has 1 saturated carbocycles. The standard InChI is InChI=1S/C10H17NO3/c1-11-9(12)7-10(13)14-8-5-3-2-4-6-8/h8H,2-7H2,1H3,(H,11,12). The molecule has 0 spiro atoms. The quantitative estimate of drug-likeness (QED) is 0.545. The SMILES string of the molecule is CNC(=O)CC(=O)OC1CCCCC1. The third-order valence-corrected chi connectivity index (χ3v) is 2.43. The Morgan fingerprint density at radius 2 is 1.93 bits per heavy atom. The van der Waals surface area contributed by atoms with E-state index in [1.807, 2.05) is 0 Å². The molecule has 14 heavy (non-hydrogen) atoms. The van der Waals surface area contributed by atoms with Gasteiger partial charge in [0.25, 0.3) is 0 Å². The Morgan fingerprint density at radius 1 is 1.29 bits per heavy atom. The van der Waals surface area contributed by atoms with Gasteiger partial charge in [-0.05, 0) is 25.7 Å². The smallest absolute Gasteiger partial charge is 0.315 e. The van der Waals surface area contributed by atoms with Gasteiger partial charge in [-0.1, -0.05) is 6.42 Å². The van der Waals surface area contributed by atoms with Crippen LogP contribution in [0.1, 0.15) is 38.5 Å². The monoisotopic (exact) mass is 199 g/mol. The molecule has 0 aromatic carbocycles. The van der Waals surface area contributed by atoms with Crippen LogP contribution in [0, 0.1) is 0 Å². The predicted octanol–water partition coefficient (Wildman–Crippen LogP) is 0.998. The molecular weight excluding hydrogens is 182 g/mol. The molecule has 1 fully saturated rings. The summed E-state index contributed by atoms with van der Waals surface area (Å²) in [5, 5.41) is 2.39. The summed E-state index contributed by atoms with van der Waals surface area (Å²) >= 11 is 0. The average Bonchev–Trinajstić information content (AvgIpc) is 2.19. The summed E-state index contributed by atoms with van der Waals surface area (Å²) in [7, 11) is 1.51. The molecule has 0 aromatic heterocycles. The van der Waals surface area contributed by atoms with Gasteiger partial charge in [0.15, 0.2) is 0 Å². The summed E-state index contributed by atoms with van der Waals surface area (Å²) in [4.78, 5) is 22.0. The van der Waals surface area contributed by atoms with E-state index in [4.69, 9.17) is 4.74 Å². The van der Waals surface area contributed by atoms with Crippen LogP contribution in [0.3, 0.4) is 0 Å². The largest absolute Gasteiger partial charge is 0.462 e. The zero-order chi connectivity index (χ0) is 10.4. The zero-order valence-electron chi connectivity index (χ0n) is 8.54. The van der Waals surface area contributed by atoms with Crippen molar-refractivity contribution in [1.82, 2.24) is 5.32 Å². The van der Waals surface area contributed by atoms with Crippen LogP contribution in [0.25, 0.3) is 0 Å². The Balaban J connectivity index is 2.21. The van der Waals surface area contributed by atoms with Crippen molar-refractivity contribution in [2.75, 3.05) is 7.05 Å². The molecule has 0 saturated heterocycles. The maximum Gasteiger partial charge on any atom is 0.315 e. The molecule has 1 rings (SSSR count). The number of nitrogens with one attached hydrogen (secondary N) is 1. The molecule has 0 atom stereocenters. The van der Waals surface area contributed by atoms with Gasteiger partial charge in [0.05, 0.1) is 0 Å². The minimum Gasteiger partial charge on any atom is -0.462 e. The van der Waals surface area contributed by atoms with E-state index in [-0.39, 0.29) is 18.4 Å². The van der Waals surface area contributed by atoms with Crippen molar-refractivity contribution < 1.29 is 14.3 Å². The fourth-order valence-electron chi connectivity index (χ4n) is 1.63. The van der Waals surface area contributed by atoms with Gasteiger partial charge in [0.2, 0.25) is 5.91 Å². The predicted molar refractivity (Wildman–Crippen MR) is 51.6 cm³/mol. The minimum atomic E-state index is -0.406. The molecule has 1 amide bonds. The number of hydrogen-bond acceptors (Lipinski definition) is 3. The van der Waals surface area contributed by atoms with E-state index in [9.17, 15) is 9.59 Å². The Bertz CT molecular complexity index is 209. The topological polar surface area (TPSA) is 55.4 Å². The van der Waals surface area contributed by atoms with E-state index in [1.165, 1.54) is 13.5 Å². The number of carbonyl (C=O) groups is 2. The fraction of sp³-hybridized carbons (Fsp3) is 0.800. The fourth-order valence-corrected chi connectivity index (χ4v) is 1.63. The Hall–Kier alpha value is -1.06. The summed E-state index contributed by atoms with van der Waals surface area (Å²) < 4.78 is 5.16. The Labute approximate surface area is 84.0 Å². The minimum absolute atomic E-state index is 0.0425. The van der Waals surface area contributed by atoms with Crippen LogP contribution in [-0.2, 0) is 14.3 Å². The Kier molecular flexibility index (Phi) is 4.43. The van der Waals surface area contributed by atoms with Gasteiger partial charge in [0.1, 0.15) is 12.5 Å². The van der Waals surface area contributed by atoms with Crippen molar-refractivity contribution in [2.45, 2.75) is 44.6 Å². The lowest BCUT2D eigenvalue weighted by Crippen LogP contribution is -2.26. The summed E-state index contributed by atoms with van der Waals surface area (Å²) in [6.45, 7) is 0. The third-order valence-electron chi connectivity index (χ3n) is 2.43. The van der Waals surface area contributed by atoms with Gasteiger partial charge >= 0.3 is 5.97 Å². The maximum atomic E-state index is 11.2. The summed E-state index contributed by atoms with van der Waals surface area (Å²) in [6, 6.07) is 0. The highest BCUT2D eigenvalue weighted by molar-refractivity contribution is 5.94. The van der Waals surface area contributed by atoms with E-state index in [1.54, 1.807) is 0 Å². The van der Waals surface area contributed by atoms with Crippen molar-refractivity contribution >= 4 is 11.9 Å². The molecule has 80 valence electrons. The van der Waals surface area contributed by atoms with Crippen LogP contribution in [0.2, 0.25) is 0 Å². The lowest BCUT2D eigenvalue weighted by molar-refractivity contribution is -0.152. The molecule has 0 radical (unpaired) electrons. The van der Waals surface area contributed by atoms with Crippen LogP contribution in [0.15, 0.2) is 0 Å². The molecule has 4 nitrogen and oxygen atoms in total. The van der Waals surface area contributed by atoms with E-state index in [0.29, 0.717) is 0 Å². The number of esters is 1. The first-order chi connectivity index (χ1) is 6.72. The second-order valence-electron chi connectivity index (χ2n) is 3.60. The molecule has 1 aliphatic rings. The summed E-state index contributed by atoms with van der Waals surface area (Å²) in [5.41, 5.74) is 0. The molecule has 0 bridgehead atoms. The number of hydrogen-bond donors (Lipinski definition) is 1. The van der Waals surface area contributed by atoms with Gasteiger partial charge in [0, 0.05) is 7.05 Å². The van der Waals surface area contributed by atoms with E-state index in [0.717, 1.165) is 25.7 Å². The first kappa shape index (κ1) is 11.0. The molecule has 1 aliphatic carbocycles. The molecule has 1 N–H and O–H groups in total. The van der Waals surface area contributed by atoms with Crippen LogP contribution in [-0.4, -0.2) is 25.0 Å². The van der Waals surface area contributed by atoms with Crippen LogP contribution >= 0.6 is 0 Å². The van der Waals surface area contributed by atoms with Crippen molar-refractivity contribution in [1.29, 1.82) is 0 Å². The molecular formula is C10H17NO3. The number of ether oxygens (including phenoxy) is 1. The molecule has 0 heterocycles. The molecule has 0 unspecified atom stereocenters. The highest BCUT2D eigenvalue weighted by Gasteiger charge is 2.18. The van der Waals surface area contributed by atoms with Gasteiger partial charge in [-0.2, -0.15) is 0 Å². The molecule has 0 aromatic rings. The van der Waals surface area contributed by atoms with E-state index >= 15 is 0 Å². The average molecular weight is 199 g/mol. The second kappa shape index (κ2) is 5.62. The zero-order valence-corrected chi connectivity index (χ0v) is 8.54. The van der Waals surface area contributed by atoms with Crippen LogP contribution in [0.5, 0.6) is 0 Å². The number of rotatable bonds is 3. The molecule has 0 aliphatic heterocycles. The van der Waals surface area contributed by atoms with Gasteiger partial charge in [-0.25, -0.2) is 0 Å². The van der Waals surface area contributed by atoms with Crippen molar-refractivity contribution in [3.8, 4) is 0 Å². The van der Waals surface area contributed by atoms with Crippen molar-refractivity contribution in [3.05, 3.63) is 0 Å². The van der Waals surface area contributed by atoms with Crippen molar-refractivity contribution in [3.63, 3.8) is 0 Å². The summed E-state index contributed by atoms with van der Waals surface area (Å²) in [6.07, 6.45) is 5.24. The van der Waals surface area contributed by atoms with Gasteiger partial charge < -0.3 is 10.1 Å². The number of amides is 1. The third kappa shape index (κ3) is 3.77. The van der Waals surface area contributed by atoms with E-state index in [2.05, 4.69) is 5.32 Å². The van der Waals surface area contributed by atoms with Gasteiger partial charge in [-0.15, -0.1) is 0 Å². The summed E-state index contributed by atoms with van der Waals surface area (Å²) in [5.74, 6) is -0.693. The Morgan fingerprint density at radius 3 is 2.50 bits per heavy atom. The maximum absolute atomic E-state index is 11.2. The first-order valence-electron chi connectivity index (χ1n) is 5.12. The lowest BCUT2D eigenvalue weighted by Gasteiger charge is -2.21. The highest BCUT2D eigenvalue weighted by atomic mass is 16.5. The van der Waals surface area contributed by atoms with E-state index < -0.39 is 5.97 Å². The molecule has 4 heteroatoms. The van der Waals surface area contributed by atoms with Gasteiger partial charge in [-0.3, -0.25) is 9.59 Å². The van der Waals surface area contributed by atoms with Crippen LogP contribution in [0.4, 0.5) is 0 Å².